The van der Waals surface area contributed by atoms with E-state index < -0.39 is 0 Å². The van der Waals surface area contributed by atoms with Gasteiger partial charge in [-0.3, -0.25) is 0 Å². The third kappa shape index (κ3) is 3.58. The minimum absolute atomic E-state index is 0.463. The largest absolute Gasteiger partial charge is 0.487 e. The zero-order valence-electron chi connectivity index (χ0n) is 9.50. The van der Waals surface area contributed by atoms with Gasteiger partial charge >= 0.3 is 0 Å². The number of allylic oxidation sites excluding steroid dienone is 2. The summed E-state index contributed by atoms with van der Waals surface area (Å²) in [7, 11) is 0. The predicted molar refractivity (Wildman–Crippen MR) is 63.1 cm³/mol. The highest BCUT2D eigenvalue weighted by molar-refractivity contribution is 5.93. The molecule has 2 heteroatoms. The first-order valence-corrected chi connectivity index (χ1v) is 5.03. The van der Waals surface area contributed by atoms with Gasteiger partial charge in [0.15, 0.2) is 0 Å². The van der Waals surface area contributed by atoms with Gasteiger partial charge in [-0.2, -0.15) is 0 Å². The van der Waals surface area contributed by atoms with Crippen LogP contribution < -0.4 is 0 Å². The number of aryl methyl sites for hydroxylation is 1. The van der Waals surface area contributed by atoms with Crippen LogP contribution in [0.1, 0.15) is 25.0 Å². The van der Waals surface area contributed by atoms with Crippen molar-refractivity contribution in [3.05, 3.63) is 47.2 Å². The molecule has 0 spiro atoms. The van der Waals surface area contributed by atoms with E-state index in [0.717, 1.165) is 5.56 Å². The molecule has 0 bridgehead atoms. The molecule has 1 aromatic carbocycles. The topological polar surface area (TPSA) is 33.1 Å². The van der Waals surface area contributed by atoms with Crippen LogP contribution in [0.25, 0.3) is 0 Å². The molecule has 0 atom stereocenters. The number of benzene rings is 1. The lowest BCUT2D eigenvalue weighted by Gasteiger charge is -2.08. The highest BCUT2D eigenvalue weighted by Gasteiger charge is 2.00. The van der Waals surface area contributed by atoms with Crippen LogP contribution in [0.3, 0.4) is 0 Å². The lowest BCUT2D eigenvalue weighted by atomic mass is 10.2. The van der Waals surface area contributed by atoms with Crippen molar-refractivity contribution >= 4 is 5.71 Å². The zero-order chi connectivity index (χ0) is 11.3. The molecular formula is C13H17NO. The Morgan fingerprint density at radius 1 is 1.33 bits per heavy atom. The molecule has 15 heavy (non-hydrogen) atoms. The van der Waals surface area contributed by atoms with Crippen molar-refractivity contribution in [2.24, 2.45) is 0 Å². The summed E-state index contributed by atoms with van der Waals surface area (Å²) in [4.78, 5) is 0. The summed E-state index contributed by atoms with van der Waals surface area (Å²) in [6, 6.07) is 8.21. The van der Waals surface area contributed by atoms with Crippen molar-refractivity contribution in [2.75, 3.05) is 0 Å². The Kier molecular flexibility index (Phi) is 4.10. The van der Waals surface area contributed by atoms with Gasteiger partial charge in [0.1, 0.15) is 12.4 Å². The summed E-state index contributed by atoms with van der Waals surface area (Å²) in [6.07, 6.45) is 1.82. The Labute approximate surface area is 91.1 Å². The number of nitrogens with one attached hydrogen (secondary N) is 1. The molecule has 0 aliphatic rings. The molecule has 0 heterocycles. The number of ether oxygens (including phenoxy) is 1. The third-order valence-corrected chi connectivity index (χ3v) is 2.15. The Balaban J connectivity index is 2.57. The van der Waals surface area contributed by atoms with E-state index >= 15 is 0 Å². The normalized spacial score (nSPS) is 11.3. The number of hydrogen-bond donors (Lipinski definition) is 1. The first kappa shape index (κ1) is 11.5. The second kappa shape index (κ2) is 5.35. The Morgan fingerprint density at radius 3 is 2.40 bits per heavy atom. The van der Waals surface area contributed by atoms with Crippen molar-refractivity contribution in [3.63, 3.8) is 0 Å². The highest BCUT2D eigenvalue weighted by atomic mass is 16.5. The van der Waals surface area contributed by atoms with Crippen molar-refractivity contribution in [1.82, 2.24) is 0 Å². The fourth-order valence-electron chi connectivity index (χ4n) is 1.25. The molecule has 2 nitrogen and oxygen atoms in total. The van der Waals surface area contributed by atoms with E-state index in [4.69, 9.17) is 10.1 Å². The van der Waals surface area contributed by atoms with Gasteiger partial charge in [-0.15, -0.1) is 0 Å². The molecule has 0 aromatic heterocycles. The molecule has 0 amide bonds. The summed E-state index contributed by atoms with van der Waals surface area (Å²) in [5.74, 6) is 0.649. The van der Waals surface area contributed by atoms with Gasteiger partial charge in [0, 0.05) is 0 Å². The number of hydrogen-bond acceptors (Lipinski definition) is 2. The second-order valence-electron chi connectivity index (χ2n) is 3.55. The molecule has 1 aromatic rings. The SMILES string of the molecule is C/C=C(/OCc1ccc(C)cc1)C(C)=N. The van der Waals surface area contributed by atoms with Crippen molar-refractivity contribution in [2.45, 2.75) is 27.4 Å². The van der Waals surface area contributed by atoms with E-state index in [-0.39, 0.29) is 0 Å². The van der Waals surface area contributed by atoms with E-state index in [2.05, 4.69) is 19.1 Å². The number of rotatable bonds is 4. The molecule has 0 saturated heterocycles. The average Bonchev–Trinajstić information content (AvgIpc) is 2.21. The van der Waals surface area contributed by atoms with E-state index in [1.54, 1.807) is 6.92 Å². The molecule has 1 rings (SSSR count). The molecule has 0 radical (unpaired) electrons. The van der Waals surface area contributed by atoms with Crippen molar-refractivity contribution in [3.8, 4) is 0 Å². The van der Waals surface area contributed by atoms with Crippen LogP contribution in [0.2, 0.25) is 0 Å². The first-order chi connectivity index (χ1) is 7.13. The van der Waals surface area contributed by atoms with E-state index in [1.165, 1.54) is 5.56 Å². The molecule has 80 valence electrons. The second-order valence-corrected chi connectivity index (χ2v) is 3.55. The summed E-state index contributed by atoms with van der Waals surface area (Å²) >= 11 is 0. The maximum atomic E-state index is 7.46. The fraction of sp³-hybridized carbons (Fsp3) is 0.308. The van der Waals surface area contributed by atoms with Crippen LogP contribution in [0, 0.1) is 12.3 Å². The van der Waals surface area contributed by atoms with Crippen molar-refractivity contribution < 1.29 is 4.74 Å². The quantitative estimate of drug-likeness (QED) is 0.590. The van der Waals surface area contributed by atoms with Crippen LogP contribution in [0.15, 0.2) is 36.1 Å². The van der Waals surface area contributed by atoms with Gasteiger partial charge in [-0.05, 0) is 32.4 Å². The first-order valence-electron chi connectivity index (χ1n) is 5.03. The van der Waals surface area contributed by atoms with Gasteiger partial charge in [0.05, 0.1) is 5.71 Å². The van der Waals surface area contributed by atoms with E-state index in [1.807, 2.05) is 25.1 Å². The molecule has 0 saturated carbocycles. The Hall–Kier alpha value is -1.57. The van der Waals surface area contributed by atoms with Crippen LogP contribution in [0.5, 0.6) is 0 Å². The fourth-order valence-corrected chi connectivity index (χ4v) is 1.25. The van der Waals surface area contributed by atoms with Gasteiger partial charge < -0.3 is 10.1 Å². The molecule has 0 aliphatic heterocycles. The monoisotopic (exact) mass is 203 g/mol. The van der Waals surface area contributed by atoms with Gasteiger partial charge in [0.2, 0.25) is 0 Å². The zero-order valence-corrected chi connectivity index (χ0v) is 9.50. The van der Waals surface area contributed by atoms with Gasteiger partial charge in [-0.1, -0.05) is 29.8 Å². The van der Waals surface area contributed by atoms with Crippen LogP contribution in [0.4, 0.5) is 0 Å². The van der Waals surface area contributed by atoms with E-state index in [0.29, 0.717) is 18.1 Å². The minimum Gasteiger partial charge on any atom is -0.487 e. The molecule has 0 fully saturated rings. The maximum absolute atomic E-state index is 7.46. The molecule has 0 aliphatic carbocycles. The highest BCUT2D eigenvalue weighted by Crippen LogP contribution is 2.08. The summed E-state index contributed by atoms with van der Waals surface area (Å²) in [5.41, 5.74) is 2.83. The third-order valence-electron chi connectivity index (χ3n) is 2.15. The summed E-state index contributed by atoms with van der Waals surface area (Å²) in [5, 5.41) is 7.46. The van der Waals surface area contributed by atoms with Gasteiger partial charge in [-0.25, -0.2) is 0 Å². The smallest absolute Gasteiger partial charge is 0.135 e. The Morgan fingerprint density at radius 2 is 1.93 bits per heavy atom. The van der Waals surface area contributed by atoms with Crippen molar-refractivity contribution in [1.29, 1.82) is 5.41 Å². The Bertz CT molecular complexity index is 363. The van der Waals surface area contributed by atoms with Gasteiger partial charge in [0.25, 0.3) is 0 Å². The minimum atomic E-state index is 0.463. The molecular weight excluding hydrogens is 186 g/mol. The molecule has 0 unspecified atom stereocenters. The summed E-state index contributed by atoms with van der Waals surface area (Å²) in [6.45, 7) is 6.19. The van der Waals surface area contributed by atoms with Crippen LogP contribution in [-0.4, -0.2) is 5.71 Å². The molecule has 1 N–H and O–H groups in total. The maximum Gasteiger partial charge on any atom is 0.135 e. The van der Waals surface area contributed by atoms with Crippen LogP contribution in [-0.2, 0) is 11.3 Å². The lowest BCUT2D eigenvalue weighted by molar-refractivity contribution is 0.216. The van der Waals surface area contributed by atoms with Crippen LogP contribution >= 0.6 is 0 Å². The summed E-state index contributed by atoms with van der Waals surface area (Å²) < 4.78 is 5.52. The predicted octanol–water partition coefficient (Wildman–Crippen LogP) is 3.46. The standard InChI is InChI=1S/C13H17NO/c1-4-13(11(3)14)15-9-12-7-5-10(2)6-8-12/h4-8,14H,9H2,1-3H3/b13-4+,14-11?. The average molecular weight is 203 g/mol. The lowest BCUT2D eigenvalue weighted by Crippen LogP contribution is -2.01. The van der Waals surface area contributed by atoms with E-state index in [9.17, 15) is 0 Å².